The van der Waals surface area contributed by atoms with Crippen molar-refractivity contribution >= 4 is 11.6 Å². The Hall–Kier alpha value is -1.62. The molecule has 20 heavy (non-hydrogen) atoms. The number of aromatic nitrogens is 1. The van der Waals surface area contributed by atoms with Gasteiger partial charge < -0.3 is 15.6 Å². The van der Waals surface area contributed by atoms with E-state index in [1.54, 1.807) is 16.8 Å². The van der Waals surface area contributed by atoms with Gasteiger partial charge in [-0.05, 0) is 32.8 Å². The number of aryl methyl sites for hydroxylation is 1. The van der Waals surface area contributed by atoms with Crippen molar-refractivity contribution in [3.63, 3.8) is 0 Å². The van der Waals surface area contributed by atoms with Crippen LogP contribution in [0.15, 0.2) is 23.1 Å². The van der Waals surface area contributed by atoms with Crippen molar-refractivity contribution in [2.45, 2.75) is 51.6 Å². The number of nitrogens with zero attached hydrogens (tertiary/aromatic N) is 1. The van der Waals surface area contributed by atoms with Crippen LogP contribution >= 0.6 is 0 Å². The van der Waals surface area contributed by atoms with Crippen molar-refractivity contribution < 1.29 is 4.79 Å². The van der Waals surface area contributed by atoms with Gasteiger partial charge >= 0.3 is 0 Å². The number of anilines is 1. The fourth-order valence-corrected chi connectivity index (χ4v) is 2.87. The molecule has 1 aromatic rings. The van der Waals surface area contributed by atoms with E-state index in [1.807, 2.05) is 13.8 Å². The Bertz CT molecular complexity index is 548. The summed E-state index contributed by atoms with van der Waals surface area (Å²) < 4.78 is 1.57. The summed E-state index contributed by atoms with van der Waals surface area (Å²) in [4.78, 5) is 23.9. The largest absolute Gasteiger partial charge is 0.325 e. The molecular weight excluding hydrogens is 254 g/mol. The van der Waals surface area contributed by atoms with Crippen LogP contribution in [0.4, 0.5) is 5.69 Å². The van der Waals surface area contributed by atoms with Crippen LogP contribution < -0.4 is 16.6 Å². The average molecular weight is 277 g/mol. The monoisotopic (exact) mass is 277 g/mol. The zero-order valence-corrected chi connectivity index (χ0v) is 12.2. The summed E-state index contributed by atoms with van der Waals surface area (Å²) in [5.74, 6) is -0.214. The number of nitrogens with two attached hydrogens (primary N) is 1. The first-order valence-electron chi connectivity index (χ1n) is 7.24. The van der Waals surface area contributed by atoms with Crippen molar-refractivity contribution in [2.75, 3.05) is 5.32 Å². The van der Waals surface area contributed by atoms with E-state index in [1.165, 1.54) is 6.07 Å². The minimum Gasteiger partial charge on any atom is -0.325 e. The Morgan fingerprint density at radius 3 is 2.90 bits per heavy atom. The lowest BCUT2D eigenvalue weighted by molar-refractivity contribution is -0.122. The smallest absolute Gasteiger partial charge is 0.250 e. The molecule has 1 heterocycles. The van der Waals surface area contributed by atoms with Crippen LogP contribution in [0.5, 0.6) is 0 Å². The lowest BCUT2D eigenvalue weighted by Gasteiger charge is -2.37. The third kappa shape index (κ3) is 3.10. The van der Waals surface area contributed by atoms with Gasteiger partial charge in [0.05, 0.1) is 11.6 Å². The number of carbonyl (C=O) groups excluding carboxylic acids is 1. The molecule has 0 spiro atoms. The first-order chi connectivity index (χ1) is 9.44. The maximum absolute atomic E-state index is 12.4. The molecule has 0 saturated heterocycles. The van der Waals surface area contributed by atoms with Gasteiger partial charge in [0.25, 0.3) is 5.56 Å². The molecular formula is C15H23N3O2. The first-order valence-corrected chi connectivity index (χ1v) is 7.24. The molecule has 1 aliphatic carbocycles. The summed E-state index contributed by atoms with van der Waals surface area (Å²) in [5.41, 5.74) is 6.39. The van der Waals surface area contributed by atoms with Crippen LogP contribution in [0.2, 0.25) is 0 Å². The molecule has 1 fully saturated rings. The van der Waals surface area contributed by atoms with Gasteiger partial charge in [0, 0.05) is 24.3 Å². The molecule has 2 unspecified atom stereocenters. The number of nitrogens with one attached hydrogen (secondary N) is 1. The van der Waals surface area contributed by atoms with Gasteiger partial charge in [0.2, 0.25) is 5.91 Å². The van der Waals surface area contributed by atoms with Crippen LogP contribution in [-0.2, 0) is 11.3 Å². The van der Waals surface area contributed by atoms with Crippen molar-refractivity contribution in [3.05, 3.63) is 28.7 Å². The van der Waals surface area contributed by atoms with E-state index in [0.717, 1.165) is 25.7 Å². The van der Waals surface area contributed by atoms with Gasteiger partial charge in [0.1, 0.15) is 0 Å². The highest BCUT2D eigenvalue weighted by Crippen LogP contribution is 2.32. The third-order valence-corrected chi connectivity index (χ3v) is 4.16. The van der Waals surface area contributed by atoms with E-state index in [2.05, 4.69) is 5.32 Å². The Morgan fingerprint density at radius 1 is 1.50 bits per heavy atom. The van der Waals surface area contributed by atoms with Gasteiger partial charge in [-0.1, -0.05) is 12.8 Å². The number of amides is 1. The van der Waals surface area contributed by atoms with Gasteiger partial charge in [0.15, 0.2) is 0 Å². The molecule has 1 amide bonds. The van der Waals surface area contributed by atoms with Gasteiger partial charge in [-0.25, -0.2) is 0 Å². The molecule has 2 atom stereocenters. The van der Waals surface area contributed by atoms with Crippen LogP contribution in [0.25, 0.3) is 0 Å². The standard InChI is InChI=1S/C15H23N3O2/c1-3-18-10-11(7-8-13(18)19)17-14(20)12-6-4-5-9-15(12,2)16/h7-8,10,12H,3-6,9,16H2,1-2H3,(H,17,20). The lowest BCUT2D eigenvalue weighted by Crippen LogP contribution is -2.51. The third-order valence-electron chi connectivity index (χ3n) is 4.16. The molecule has 5 nitrogen and oxygen atoms in total. The SMILES string of the molecule is CCn1cc(NC(=O)C2CCCCC2(C)N)ccc1=O. The van der Waals surface area contributed by atoms with E-state index >= 15 is 0 Å². The molecule has 2 rings (SSSR count). The highest BCUT2D eigenvalue weighted by Gasteiger charge is 2.37. The zero-order valence-electron chi connectivity index (χ0n) is 12.2. The summed E-state index contributed by atoms with van der Waals surface area (Å²) in [7, 11) is 0. The normalized spacial score (nSPS) is 26.2. The van der Waals surface area contributed by atoms with E-state index in [0.29, 0.717) is 12.2 Å². The average Bonchev–Trinajstić information content (AvgIpc) is 2.40. The summed E-state index contributed by atoms with van der Waals surface area (Å²) >= 11 is 0. The second-order valence-electron chi connectivity index (χ2n) is 5.84. The zero-order chi connectivity index (χ0) is 14.8. The number of carbonyl (C=O) groups is 1. The van der Waals surface area contributed by atoms with E-state index in [9.17, 15) is 9.59 Å². The quantitative estimate of drug-likeness (QED) is 0.883. The van der Waals surface area contributed by atoms with Crippen LogP contribution in [0.1, 0.15) is 39.5 Å². The summed E-state index contributed by atoms with van der Waals surface area (Å²) in [6.45, 7) is 4.43. The Kier molecular flexibility index (Phi) is 4.28. The molecule has 1 saturated carbocycles. The Labute approximate surface area is 119 Å². The van der Waals surface area contributed by atoms with Crippen molar-refractivity contribution in [2.24, 2.45) is 11.7 Å². The predicted molar refractivity (Wildman–Crippen MR) is 79.6 cm³/mol. The molecule has 0 aliphatic heterocycles. The van der Waals surface area contributed by atoms with E-state index in [4.69, 9.17) is 5.73 Å². The molecule has 0 bridgehead atoms. The highest BCUT2D eigenvalue weighted by atomic mass is 16.2. The minimum atomic E-state index is -0.443. The molecule has 0 radical (unpaired) electrons. The van der Waals surface area contributed by atoms with Crippen molar-refractivity contribution in [1.82, 2.24) is 4.57 Å². The number of hydrogen-bond donors (Lipinski definition) is 2. The minimum absolute atomic E-state index is 0.0454. The molecule has 110 valence electrons. The molecule has 1 aromatic heterocycles. The summed E-state index contributed by atoms with van der Waals surface area (Å²) in [5, 5.41) is 2.89. The number of rotatable bonds is 3. The second kappa shape index (κ2) is 5.79. The van der Waals surface area contributed by atoms with Crippen LogP contribution in [0.3, 0.4) is 0 Å². The van der Waals surface area contributed by atoms with Crippen molar-refractivity contribution in [1.29, 1.82) is 0 Å². The predicted octanol–water partition coefficient (Wildman–Crippen LogP) is 1.71. The lowest BCUT2D eigenvalue weighted by atomic mass is 9.74. The molecule has 3 N–H and O–H groups in total. The summed E-state index contributed by atoms with van der Waals surface area (Å²) in [6, 6.07) is 3.12. The number of hydrogen-bond acceptors (Lipinski definition) is 3. The second-order valence-corrected chi connectivity index (χ2v) is 5.84. The molecule has 1 aliphatic rings. The fourth-order valence-electron chi connectivity index (χ4n) is 2.87. The highest BCUT2D eigenvalue weighted by molar-refractivity contribution is 5.93. The van der Waals surface area contributed by atoms with Gasteiger partial charge in [-0.2, -0.15) is 0 Å². The van der Waals surface area contributed by atoms with Crippen LogP contribution in [0, 0.1) is 5.92 Å². The van der Waals surface area contributed by atoms with Gasteiger partial charge in [-0.15, -0.1) is 0 Å². The topological polar surface area (TPSA) is 77.1 Å². The summed E-state index contributed by atoms with van der Waals surface area (Å²) in [6.07, 6.45) is 5.50. The number of pyridine rings is 1. The van der Waals surface area contributed by atoms with Crippen LogP contribution in [-0.4, -0.2) is 16.0 Å². The maximum Gasteiger partial charge on any atom is 0.250 e. The Balaban J connectivity index is 2.13. The molecule has 0 aromatic carbocycles. The van der Waals surface area contributed by atoms with Gasteiger partial charge in [-0.3, -0.25) is 9.59 Å². The maximum atomic E-state index is 12.4. The van der Waals surface area contributed by atoms with E-state index in [-0.39, 0.29) is 17.4 Å². The Morgan fingerprint density at radius 2 is 2.25 bits per heavy atom. The fraction of sp³-hybridized carbons (Fsp3) is 0.600. The van der Waals surface area contributed by atoms with Crippen molar-refractivity contribution in [3.8, 4) is 0 Å². The first kappa shape index (κ1) is 14.8. The molecule has 5 heteroatoms. The van der Waals surface area contributed by atoms with E-state index < -0.39 is 5.54 Å².